The van der Waals surface area contributed by atoms with Crippen molar-refractivity contribution in [1.82, 2.24) is 5.32 Å². The first kappa shape index (κ1) is 16.4. The van der Waals surface area contributed by atoms with Crippen LogP contribution in [0.2, 0.25) is 0 Å². The molecule has 0 amide bonds. The quantitative estimate of drug-likeness (QED) is 0.473. The van der Waals surface area contributed by atoms with E-state index in [2.05, 4.69) is 26.1 Å². The summed E-state index contributed by atoms with van der Waals surface area (Å²) in [6.45, 7) is 6.49. The molecule has 0 fully saturated rings. The van der Waals surface area contributed by atoms with Gasteiger partial charge in [0, 0.05) is 6.04 Å². The van der Waals surface area contributed by atoms with Crippen LogP contribution in [0.1, 0.15) is 65.7 Å². The van der Waals surface area contributed by atoms with Gasteiger partial charge in [-0.3, -0.25) is 4.79 Å². The van der Waals surface area contributed by atoms with Gasteiger partial charge in [0.1, 0.15) is 6.04 Å². The van der Waals surface area contributed by atoms with E-state index in [4.69, 9.17) is 4.74 Å². The molecule has 0 saturated carbocycles. The zero-order chi connectivity index (χ0) is 13.1. The molecule has 3 heteroatoms. The van der Waals surface area contributed by atoms with Gasteiger partial charge in [0.25, 0.3) is 0 Å². The number of methoxy groups -OCH3 is 1. The molecule has 0 radical (unpaired) electrons. The lowest BCUT2D eigenvalue weighted by molar-refractivity contribution is -0.143. The molecule has 0 rings (SSSR count). The van der Waals surface area contributed by atoms with Gasteiger partial charge in [0.15, 0.2) is 0 Å². The highest BCUT2D eigenvalue weighted by molar-refractivity contribution is 5.75. The zero-order valence-corrected chi connectivity index (χ0v) is 11.9. The van der Waals surface area contributed by atoms with Crippen molar-refractivity contribution >= 4 is 5.97 Å². The maximum Gasteiger partial charge on any atom is 0.322 e. The topological polar surface area (TPSA) is 38.3 Å². The van der Waals surface area contributed by atoms with E-state index in [1.54, 1.807) is 0 Å². The minimum Gasteiger partial charge on any atom is -0.468 e. The number of rotatable bonds is 10. The van der Waals surface area contributed by atoms with Crippen LogP contribution in [0, 0.1) is 0 Å². The molecule has 0 bridgehead atoms. The fourth-order valence-corrected chi connectivity index (χ4v) is 1.95. The fraction of sp³-hybridized carbons (Fsp3) is 0.929. The molecule has 102 valence electrons. The molecule has 3 nitrogen and oxygen atoms in total. The first-order chi connectivity index (χ1) is 8.15. The third-order valence-corrected chi connectivity index (χ3v) is 3.06. The van der Waals surface area contributed by atoms with Gasteiger partial charge < -0.3 is 10.1 Å². The predicted octanol–water partition coefficient (Wildman–Crippen LogP) is 3.28. The summed E-state index contributed by atoms with van der Waals surface area (Å²) in [5, 5.41) is 3.39. The number of carbonyl (C=O) groups excluding carboxylic acids is 1. The molecular weight excluding hydrogens is 214 g/mol. The lowest BCUT2D eigenvalue weighted by Crippen LogP contribution is -2.42. The molecular formula is C14H29NO2. The van der Waals surface area contributed by atoms with Gasteiger partial charge in [0.05, 0.1) is 7.11 Å². The summed E-state index contributed by atoms with van der Waals surface area (Å²) in [7, 11) is 1.46. The highest BCUT2D eigenvalue weighted by Gasteiger charge is 2.19. The summed E-state index contributed by atoms with van der Waals surface area (Å²) in [6.07, 6.45) is 7.92. The highest BCUT2D eigenvalue weighted by Crippen LogP contribution is 2.07. The largest absolute Gasteiger partial charge is 0.468 e. The number of hydrogen-bond donors (Lipinski definition) is 1. The maximum absolute atomic E-state index is 11.6. The van der Waals surface area contributed by atoms with Crippen LogP contribution in [0.15, 0.2) is 0 Å². The number of nitrogens with one attached hydrogen (secondary N) is 1. The van der Waals surface area contributed by atoms with E-state index in [1.807, 2.05) is 0 Å². The summed E-state index contributed by atoms with van der Waals surface area (Å²) in [5.74, 6) is -0.124. The van der Waals surface area contributed by atoms with Gasteiger partial charge in [-0.05, 0) is 19.8 Å². The first-order valence-corrected chi connectivity index (χ1v) is 6.99. The third kappa shape index (κ3) is 8.19. The van der Waals surface area contributed by atoms with Crippen LogP contribution >= 0.6 is 0 Å². The molecule has 0 saturated heterocycles. The van der Waals surface area contributed by atoms with Crippen molar-refractivity contribution in [2.24, 2.45) is 0 Å². The Bertz CT molecular complexity index is 195. The van der Waals surface area contributed by atoms with Crippen molar-refractivity contribution < 1.29 is 9.53 Å². The van der Waals surface area contributed by atoms with Crippen LogP contribution in [-0.4, -0.2) is 25.2 Å². The number of esters is 1. The number of hydrogen-bond acceptors (Lipinski definition) is 3. The standard InChI is InChI=1S/C14H29NO2/c1-5-7-9-10-12(3)15-13(11-8-6-2)14(16)17-4/h12-13,15H,5-11H2,1-4H3. The van der Waals surface area contributed by atoms with Crippen molar-refractivity contribution in [3.63, 3.8) is 0 Å². The number of ether oxygens (including phenoxy) is 1. The van der Waals surface area contributed by atoms with E-state index in [1.165, 1.54) is 26.4 Å². The zero-order valence-electron chi connectivity index (χ0n) is 11.9. The molecule has 0 aromatic rings. The fourth-order valence-electron chi connectivity index (χ4n) is 1.95. The van der Waals surface area contributed by atoms with Crippen molar-refractivity contribution in [3.05, 3.63) is 0 Å². The van der Waals surface area contributed by atoms with Gasteiger partial charge >= 0.3 is 5.97 Å². The highest BCUT2D eigenvalue weighted by atomic mass is 16.5. The normalized spacial score (nSPS) is 14.4. The molecule has 0 aliphatic rings. The first-order valence-electron chi connectivity index (χ1n) is 6.99. The molecule has 1 N–H and O–H groups in total. The Morgan fingerprint density at radius 3 is 2.29 bits per heavy atom. The van der Waals surface area contributed by atoms with Crippen molar-refractivity contribution in [1.29, 1.82) is 0 Å². The Kier molecular flexibility index (Phi) is 10.2. The average molecular weight is 243 g/mol. The second kappa shape index (κ2) is 10.6. The average Bonchev–Trinajstić information content (AvgIpc) is 2.33. The lowest BCUT2D eigenvalue weighted by atomic mass is 10.1. The molecule has 0 aliphatic carbocycles. The van der Waals surface area contributed by atoms with Crippen LogP contribution in [0.3, 0.4) is 0 Å². The van der Waals surface area contributed by atoms with Crippen LogP contribution < -0.4 is 5.32 Å². The Labute approximate surface area is 106 Å². The van der Waals surface area contributed by atoms with Gasteiger partial charge in [-0.2, -0.15) is 0 Å². The molecule has 0 aliphatic heterocycles. The molecule has 0 spiro atoms. The summed E-state index contributed by atoms with van der Waals surface area (Å²) >= 11 is 0. The molecule has 0 aromatic heterocycles. The molecule has 0 aromatic carbocycles. The maximum atomic E-state index is 11.6. The van der Waals surface area contributed by atoms with E-state index >= 15 is 0 Å². The second-order valence-electron chi connectivity index (χ2n) is 4.78. The van der Waals surface area contributed by atoms with Crippen molar-refractivity contribution in [2.75, 3.05) is 7.11 Å². The molecule has 2 unspecified atom stereocenters. The van der Waals surface area contributed by atoms with Crippen LogP contribution in [0.5, 0.6) is 0 Å². The molecule has 0 heterocycles. The minimum atomic E-state index is -0.128. The molecule has 2 atom stereocenters. The Hall–Kier alpha value is -0.570. The van der Waals surface area contributed by atoms with E-state index in [0.29, 0.717) is 6.04 Å². The SMILES string of the molecule is CCCCCC(C)NC(CCCC)C(=O)OC. The van der Waals surface area contributed by atoms with E-state index in [-0.39, 0.29) is 12.0 Å². The Morgan fingerprint density at radius 2 is 1.76 bits per heavy atom. The summed E-state index contributed by atoms with van der Waals surface area (Å²) in [5.41, 5.74) is 0. The van der Waals surface area contributed by atoms with Crippen molar-refractivity contribution in [3.8, 4) is 0 Å². The predicted molar refractivity (Wildman–Crippen MR) is 72.1 cm³/mol. The van der Waals surface area contributed by atoms with E-state index in [0.717, 1.165) is 25.7 Å². The lowest BCUT2D eigenvalue weighted by Gasteiger charge is -2.21. The second-order valence-corrected chi connectivity index (χ2v) is 4.78. The van der Waals surface area contributed by atoms with Crippen LogP contribution in [0.25, 0.3) is 0 Å². The Morgan fingerprint density at radius 1 is 1.12 bits per heavy atom. The van der Waals surface area contributed by atoms with E-state index in [9.17, 15) is 4.79 Å². The molecule has 17 heavy (non-hydrogen) atoms. The van der Waals surface area contributed by atoms with Gasteiger partial charge in [-0.15, -0.1) is 0 Å². The summed E-state index contributed by atoms with van der Waals surface area (Å²) in [6, 6.07) is 0.263. The van der Waals surface area contributed by atoms with Gasteiger partial charge in [0.2, 0.25) is 0 Å². The minimum absolute atomic E-state index is 0.124. The third-order valence-electron chi connectivity index (χ3n) is 3.06. The van der Waals surface area contributed by atoms with Crippen LogP contribution in [-0.2, 0) is 9.53 Å². The summed E-state index contributed by atoms with van der Waals surface area (Å²) < 4.78 is 4.83. The van der Waals surface area contributed by atoms with Gasteiger partial charge in [-0.25, -0.2) is 0 Å². The van der Waals surface area contributed by atoms with Crippen molar-refractivity contribution in [2.45, 2.75) is 77.8 Å². The van der Waals surface area contributed by atoms with E-state index < -0.39 is 0 Å². The number of carbonyl (C=O) groups is 1. The van der Waals surface area contributed by atoms with Gasteiger partial charge in [-0.1, -0.05) is 46.0 Å². The monoisotopic (exact) mass is 243 g/mol. The Balaban J connectivity index is 3.98. The smallest absolute Gasteiger partial charge is 0.322 e. The number of unbranched alkanes of at least 4 members (excludes halogenated alkanes) is 3. The van der Waals surface area contributed by atoms with Crippen LogP contribution in [0.4, 0.5) is 0 Å². The summed E-state index contributed by atoms with van der Waals surface area (Å²) in [4.78, 5) is 11.6.